The van der Waals surface area contributed by atoms with E-state index >= 15 is 0 Å². The zero-order chi connectivity index (χ0) is 13.1. The van der Waals surface area contributed by atoms with Crippen LogP contribution in [0.3, 0.4) is 0 Å². The minimum absolute atomic E-state index is 0.360. The molecule has 2 rings (SSSR count). The van der Waals surface area contributed by atoms with Crippen molar-refractivity contribution in [1.82, 2.24) is 5.32 Å². The van der Waals surface area contributed by atoms with Crippen molar-refractivity contribution < 1.29 is 24.5 Å². The van der Waals surface area contributed by atoms with Crippen molar-refractivity contribution in [3.05, 3.63) is 34.9 Å². The molecule has 0 aromatic heterocycles. The van der Waals surface area contributed by atoms with Gasteiger partial charge in [-0.3, -0.25) is 4.79 Å². The fourth-order valence-corrected chi connectivity index (χ4v) is 1.74. The van der Waals surface area contributed by atoms with E-state index in [1.54, 1.807) is 18.2 Å². The van der Waals surface area contributed by atoms with Gasteiger partial charge in [-0.1, -0.05) is 6.07 Å². The van der Waals surface area contributed by atoms with Gasteiger partial charge in [-0.05, 0) is 23.3 Å². The van der Waals surface area contributed by atoms with Gasteiger partial charge in [0.15, 0.2) is 6.04 Å². The molecule has 6 nitrogen and oxygen atoms in total. The number of carbonyl (C=O) groups excluding carboxylic acids is 1. The third-order valence-corrected chi connectivity index (χ3v) is 2.77. The SMILES string of the molecule is O=C(N[C@H](CO)C(=O)O)c1ccc2c(c1)COC2. The van der Waals surface area contributed by atoms with Crippen molar-refractivity contribution in [3.8, 4) is 0 Å². The molecule has 0 unspecified atom stereocenters. The van der Waals surface area contributed by atoms with Crippen LogP contribution in [0.15, 0.2) is 18.2 Å². The first-order valence-electron chi connectivity index (χ1n) is 5.46. The van der Waals surface area contributed by atoms with Crippen molar-refractivity contribution >= 4 is 11.9 Å². The molecule has 1 aromatic carbocycles. The van der Waals surface area contributed by atoms with E-state index in [4.69, 9.17) is 14.9 Å². The Labute approximate surface area is 103 Å². The van der Waals surface area contributed by atoms with Crippen LogP contribution < -0.4 is 5.32 Å². The van der Waals surface area contributed by atoms with E-state index in [0.717, 1.165) is 11.1 Å². The quantitative estimate of drug-likeness (QED) is 0.694. The number of amides is 1. The summed E-state index contributed by atoms with van der Waals surface area (Å²) in [4.78, 5) is 22.5. The molecular weight excluding hydrogens is 238 g/mol. The lowest BCUT2D eigenvalue weighted by Crippen LogP contribution is -2.43. The lowest BCUT2D eigenvalue weighted by Gasteiger charge is -2.12. The fourth-order valence-electron chi connectivity index (χ4n) is 1.74. The first-order chi connectivity index (χ1) is 8.61. The number of fused-ring (bicyclic) bond motifs is 1. The summed E-state index contributed by atoms with van der Waals surface area (Å²) in [6, 6.07) is 3.78. The molecule has 18 heavy (non-hydrogen) atoms. The number of carboxylic acids is 1. The molecule has 0 spiro atoms. The zero-order valence-corrected chi connectivity index (χ0v) is 9.55. The summed E-state index contributed by atoms with van der Waals surface area (Å²) in [6.07, 6.45) is 0. The largest absolute Gasteiger partial charge is 0.480 e. The Balaban J connectivity index is 2.12. The van der Waals surface area contributed by atoms with Crippen LogP contribution in [0.2, 0.25) is 0 Å². The van der Waals surface area contributed by atoms with Crippen LogP contribution in [0.5, 0.6) is 0 Å². The van der Waals surface area contributed by atoms with Gasteiger partial charge in [0.1, 0.15) is 0 Å². The molecule has 1 heterocycles. The molecule has 0 saturated carbocycles. The van der Waals surface area contributed by atoms with Gasteiger partial charge in [0, 0.05) is 5.56 Å². The van der Waals surface area contributed by atoms with E-state index < -0.39 is 24.5 Å². The molecule has 1 amide bonds. The smallest absolute Gasteiger partial charge is 0.328 e. The fraction of sp³-hybridized carbons (Fsp3) is 0.333. The molecule has 0 saturated heterocycles. The summed E-state index contributed by atoms with van der Waals surface area (Å²) in [7, 11) is 0. The average molecular weight is 251 g/mol. The predicted octanol–water partition coefficient (Wildman–Crippen LogP) is -0.108. The van der Waals surface area contributed by atoms with Crippen molar-refractivity contribution in [1.29, 1.82) is 0 Å². The standard InChI is InChI=1S/C12H13NO5/c14-4-10(12(16)17)13-11(15)7-1-2-8-5-18-6-9(8)3-7/h1-3,10,14H,4-6H2,(H,13,15)(H,16,17)/t10-/m1/s1. The highest BCUT2D eigenvalue weighted by Gasteiger charge is 2.20. The lowest BCUT2D eigenvalue weighted by atomic mass is 10.1. The zero-order valence-electron chi connectivity index (χ0n) is 9.55. The highest BCUT2D eigenvalue weighted by atomic mass is 16.5. The Hall–Kier alpha value is -1.92. The van der Waals surface area contributed by atoms with Gasteiger partial charge < -0.3 is 20.3 Å². The van der Waals surface area contributed by atoms with E-state index in [0.29, 0.717) is 18.8 Å². The monoisotopic (exact) mass is 251 g/mol. The van der Waals surface area contributed by atoms with E-state index in [-0.39, 0.29) is 0 Å². The number of ether oxygens (including phenoxy) is 1. The summed E-state index contributed by atoms with van der Waals surface area (Å²) in [5.41, 5.74) is 2.32. The highest BCUT2D eigenvalue weighted by Crippen LogP contribution is 2.20. The van der Waals surface area contributed by atoms with Crippen molar-refractivity contribution in [2.24, 2.45) is 0 Å². The summed E-state index contributed by atoms with van der Waals surface area (Å²) in [5, 5.41) is 19.8. The van der Waals surface area contributed by atoms with Gasteiger partial charge in [0.05, 0.1) is 19.8 Å². The van der Waals surface area contributed by atoms with Crippen LogP contribution in [-0.4, -0.2) is 34.7 Å². The number of aliphatic carboxylic acids is 1. The molecule has 3 N–H and O–H groups in total. The summed E-state index contributed by atoms with van der Waals surface area (Å²) >= 11 is 0. The van der Waals surface area contributed by atoms with Gasteiger partial charge >= 0.3 is 5.97 Å². The second kappa shape index (κ2) is 5.16. The predicted molar refractivity (Wildman–Crippen MR) is 60.9 cm³/mol. The van der Waals surface area contributed by atoms with Crippen molar-refractivity contribution in [3.63, 3.8) is 0 Å². The molecule has 1 aliphatic heterocycles. The third-order valence-electron chi connectivity index (χ3n) is 2.77. The maximum atomic E-state index is 11.8. The second-order valence-corrected chi connectivity index (χ2v) is 4.02. The number of benzene rings is 1. The lowest BCUT2D eigenvalue weighted by molar-refractivity contribution is -0.140. The number of aliphatic hydroxyl groups excluding tert-OH is 1. The number of carboxylic acid groups (broad SMARTS) is 1. The van der Waals surface area contributed by atoms with E-state index in [9.17, 15) is 9.59 Å². The second-order valence-electron chi connectivity index (χ2n) is 4.02. The Bertz CT molecular complexity index is 485. The molecule has 6 heteroatoms. The number of aliphatic hydroxyl groups is 1. The van der Waals surface area contributed by atoms with Crippen LogP contribution in [0.4, 0.5) is 0 Å². The van der Waals surface area contributed by atoms with Gasteiger partial charge in [0.2, 0.25) is 0 Å². The summed E-state index contributed by atoms with van der Waals surface area (Å²) < 4.78 is 5.22. The van der Waals surface area contributed by atoms with E-state index in [1.807, 2.05) is 0 Å². The van der Waals surface area contributed by atoms with Crippen LogP contribution in [0, 0.1) is 0 Å². The molecule has 0 fully saturated rings. The molecule has 0 radical (unpaired) electrons. The molecule has 0 aliphatic carbocycles. The van der Waals surface area contributed by atoms with Gasteiger partial charge in [-0.15, -0.1) is 0 Å². The molecular formula is C12H13NO5. The number of carbonyl (C=O) groups is 2. The minimum atomic E-state index is -1.29. The van der Waals surface area contributed by atoms with Crippen LogP contribution in [0.25, 0.3) is 0 Å². The Morgan fingerprint density at radius 3 is 2.72 bits per heavy atom. The van der Waals surface area contributed by atoms with Gasteiger partial charge in [-0.25, -0.2) is 4.79 Å². The Morgan fingerprint density at radius 1 is 1.33 bits per heavy atom. The molecule has 1 aliphatic rings. The summed E-state index contributed by atoms with van der Waals surface area (Å²) in [6.45, 7) is 0.347. The van der Waals surface area contributed by atoms with Crippen LogP contribution in [-0.2, 0) is 22.7 Å². The summed E-state index contributed by atoms with van der Waals surface area (Å²) in [5.74, 6) is -1.79. The van der Waals surface area contributed by atoms with E-state index in [2.05, 4.69) is 5.32 Å². The number of rotatable bonds is 4. The normalized spacial score (nSPS) is 14.9. The molecule has 0 bridgehead atoms. The highest BCUT2D eigenvalue weighted by molar-refractivity contribution is 5.96. The number of hydrogen-bond donors (Lipinski definition) is 3. The molecule has 96 valence electrons. The average Bonchev–Trinajstić information content (AvgIpc) is 2.82. The Morgan fingerprint density at radius 2 is 2.06 bits per heavy atom. The van der Waals surface area contributed by atoms with Crippen LogP contribution >= 0.6 is 0 Å². The van der Waals surface area contributed by atoms with Crippen molar-refractivity contribution in [2.75, 3.05) is 6.61 Å². The van der Waals surface area contributed by atoms with Gasteiger partial charge in [0.25, 0.3) is 5.91 Å². The number of hydrogen-bond acceptors (Lipinski definition) is 4. The van der Waals surface area contributed by atoms with Gasteiger partial charge in [-0.2, -0.15) is 0 Å². The molecule has 1 aromatic rings. The first kappa shape index (κ1) is 12.5. The maximum Gasteiger partial charge on any atom is 0.328 e. The van der Waals surface area contributed by atoms with E-state index in [1.165, 1.54) is 0 Å². The minimum Gasteiger partial charge on any atom is -0.480 e. The Kier molecular flexibility index (Phi) is 3.59. The maximum absolute atomic E-state index is 11.8. The third kappa shape index (κ3) is 2.49. The van der Waals surface area contributed by atoms with Crippen LogP contribution in [0.1, 0.15) is 21.5 Å². The number of nitrogens with one attached hydrogen (secondary N) is 1. The first-order valence-corrected chi connectivity index (χ1v) is 5.46. The molecule has 1 atom stereocenters. The topological polar surface area (TPSA) is 95.9 Å². The van der Waals surface area contributed by atoms with Crippen molar-refractivity contribution in [2.45, 2.75) is 19.3 Å².